The zero-order chi connectivity index (χ0) is 27.0. The Bertz CT molecular complexity index is 1390. The molecule has 0 fully saturated rings. The fourth-order valence-electron chi connectivity index (χ4n) is 4.95. The number of aryl methyl sites for hydroxylation is 1. The molecule has 3 aromatic rings. The van der Waals surface area contributed by atoms with Crippen LogP contribution in [0.5, 0.6) is 0 Å². The smallest absolute Gasteiger partial charge is 0.261 e. The van der Waals surface area contributed by atoms with Crippen molar-refractivity contribution in [2.24, 2.45) is 11.3 Å². The van der Waals surface area contributed by atoms with E-state index in [9.17, 15) is 13.2 Å². The Labute approximate surface area is 230 Å². The van der Waals surface area contributed by atoms with Crippen molar-refractivity contribution in [2.45, 2.75) is 52.5 Å². The van der Waals surface area contributed by atoms with E-state index in [-0.39, 0.29) is 23.5 Å². The van der Waals surface area contributed by atoms with Gasteiger partial charge in [0.05, 0.1) is 17.2 Å². The molecular formula is C28H41N5O3S2. The zero-order valence-corrected chi connectivity index (χ0v) is 24.9. The van der Waals surface area contributed by atoms with Crippen LogP contribution < -0.4 is 16.2 Å². The topological polar surface area (TPSA) is 126 Å². The molecule has 0 radical (unpaired) electrons. The molecule has 2 heterocycles. The van der Waals surface area contributed by atoms with E-state index in [1.807, 2.05) is 26.2 Å². The van der Waals surface area contributed by atoms with Crippen molar-refractivity contribution >= 4 is 43.2 Å². The summed E-state index contributed by atoms with van der Waals surface area (Å²) in [6, 6.07) is 11.1. The van der Waals surface area contributed by atoms with Crippen molar-refractivity contribution in [1.82, 2.24) is 21.4 Å². The van der Waals surface area contributed by atoms with Gasteiger partial charge in [-0.15, -0.1) is 11.3 Å². The maximum absolute atomic E-state index is 13.4. The standard InChI is InChI=1S/C28H38N4O3S2.H3N/c1-28(2,3)21-10-11-23-19(15-21)14-20-17-25(36-27(20)30-23)26(33)29-24(12-13-32(4)5)18-8-7-9-22(16-18)31-37(6,34)35;/h7-9,14,16-17,21,24,31H,10-13,15H2,1-6H3,(H,29,33);1H3/t21-,24+;/m0./s1. The van der Waals surface area contributed by atoms with E-state index in [1.54, 1.807) is 18.2 Å². The van der Waals surface area contributed by atoms with E-state index in [0.717, 1.165) is 47.8 Å². The van der Waals surface area contributed by atoms with E-state index in [4.69, 9.17) is 4.98 Å². The normalized spacial score (nSPS) is 16.6. The number of fused-ring (bicyclic) bond motifs is 2. The van der Waals surface area contributed by atoms with Crippen LogP contribution in [0, 0.1) is 11.3 Å². The van der Waals surface area contributed by atoms with E-state index >= 15 is 0 Å². The minimum atomic E-state index is -3.40. The van der Waals surface area contributed by atoms with Crippen LogP contribution in [0.15, 0.2) is 36.4 Å². The SMILES string of the molecule is CN(C)CC[C@@H](NC(=O)c1cc2cc3c(nc2s1)CC[C@H](C(C)(C)C)C3)c1cccc(NS(C)(=O)=O)c1.N. The number of hydrogen-bond acceptors (Lipinski definition) is 7. The molecule has 4 rings (SSSR count). The van der Waals surface area contributed by atoms with Crippen LogP contribution in [0.1, 0.15) is 66.1 Å². The van der Waals surface area contributed by atoms with Gasteiger partial charge in [-0.25, -0.2) is 13.4 Å². The maximum atomic E-state index is 13.4. The van der Waals surface area contributed by atoms with Crippen LogP contribution in [0.25, 0.3) is 10.2 Å². The lowest BCUT2D eigenvalue weighted by Crippen LogP contribution is -2.30. The first-order valence-electron chi connectivity index (χ1n) is 12.7. The summed E-state index contributed by atoms with van der Waals surface area (Å²) >= 11 is 1.43. The second-order valence-corrected chi connectivity index (χ2v) is 14.3. The molecule has 2 atom stereocenters. The summed E-state index contributed by atoms with van der Waals surface area (Å²) in [6.07, 6.45) is 4.98. The number of rotatable bonds is 8. The Morgan fingerprint density at radius 3 is 2.61 bits per heavy atom. The van der Waals surface area contributed by atoms with Gasteiger partial charge in [-0.05, 0) is 93.0 Å². The van der Waals surface area contributed by atoms with E-state index in [1.165, 1.54) is 22.6 Å². The van der Waals surface area contributed by atoms with E-state index in [2.05, 4.69) is 41.8 Å². The fraction of sp³-hybridized carbons (Fsp3) is 0.500. The summed E-state index contributed by atoms with van der Waals surface area (Å²) in [5, 5.41) is 4.21. The first kappa shape index (κ1) is 30.0. The van der Waals surface area contributed by atoms with Crippen molar-refractivity contribution in [2.75, 3.05) is 31.6 Å². The molecule has 0 aliphatic heterocycles. The van der Waals surface area contributed by atoms with Gasteiger partial charge >= 0.3 is 0 Å². The molecule has 8 nitrogen and oxygen atoms in total. The van der Waals surface area contributed by atoms with Gasteiger partial charge in [0.2, 0.25) is 10.0 Å². The summed E-state index contributed by atoms with van der Waals surface area (Å²) in [7, 11) is 0.584. The second kappa shape index (κ2) is 11.7. The van der Waals surface area contributed by atoms with Crippen molar-refractivity contribution in [1.29, 1.82) is 0 Å². The Hall–Kier alpha value is -2.53. The maximum Gasteiger partial charge on any atom is 0.261 e. The van der Waals surface area contributed by atoms with Crippen molar-refractivity contribution in [3.05, 3.63) is 58.1 Å². The van der Waals surface area contributed by atoms with Gasteiger partial charge in [0, 0.05) is 16.8 Å². The molecule has 38 heavy (non-hydrogen) atoms. The largest absolute Gasteiger partial charge is 0.344 e. The molecule has 5 N–H and O–H groups in total. The molecule has 1 amide bonds. The molecule has 0 saturated heterocycles. The first-order valence-corrected chi connectivity index (χ1v) is 15.4. The Kier molecular flexibility index (Phi) is 9.24. The molecule has 10 heteroatoms. The Morgan fingerprint density at radius 1 is 1.21 bits per heavy atom. The van der Waals surface area contributed by atoms with Crippen LogP contribution in [-0.4, -0.2) is 51.1 Å². The highest BCUT2D eigenvalue weighted by atomic mass is 32.2. The molecule has 0 unspecified atom stereocenters. The molecule has 208 valence electrons. The molecular weight excluding hydrogens is 518 g/mol. The van der Waals surface area contributed by atoms with Gasteiger partial charge in [-0.1, -0.05) is 32.9 Å². The number of carbonyl (C=O) groups excluding carboxylic acids is 1. The average molecular weight is 560 g/mol. The number of hydrogen-bond donors (Lipinski definition) is 3. The Balaban J connectivity index is 0.00000400. The lowest BCUT2D eigenvalue weighted by atomic mass is 9.71. The highest BCUT2D eigenvalue weighted by Gasteiger charge is 2.30. The molecule has 0 saturated carbocycles. The van der Waals surface area contributed by atoms with Gasteiger partial charge in [0.1, 0.15) is 4.83 Å². The highest BCUT2D eigenvalue weighted by Crippen LogP contribution is 2.38. The van der Waals surface area contributed by atoms with E-state index in [0.29, 0.717) is 22.9 Å². The lowest BCUT2D eigenvalue weighted by Gasteiger charge is -2.34. The summed E-state index contributed by atoms with van der Waals surface area (Å²) < 4.78 is 26.0. The number of amides is 1. The number of nitrogens with one attached hydrogen (secondary N) is 2. The monoisotopic (exact) mass is 559 g/mol. The number of thiophene rings is 1. The number of sulfonamides is 1. The third-order valence-corrected chi connectivity index (χ3v) is 8.73. The number of benzene rings is 1. The molecule has 2 aromatic heterocycles. The Morgan fingerprint density at radius 2 is 1.95 bits per heavy atom. The minimum Gasteiger partial charge on any atom is -0.344 e. The summed E-state index contributed by atoms with van der Waals surface area (Å²) in [4.78, 5) is 22.0. The van der Waals surface area contributed by atoms with Crippen LogP contribution in [0.3, 0.4) is 0 Å². The second-order valence-electron chi connectivity index (χ2n) is 11.5. The van der Waals surface area contributed by atoms with Crippen LogP contribution in [0.4, 0.5) is 5.69 Å². The van der Waals surface area contributed by atoms with Gasteiger partial charge < -0.3 is 16.4 Å². The predicted octanol–water partition coefficient (Wildman–Crippen LogP) is 5.40. The molecule has 1 aliphatic carbocycles. The zero-order valence-electron chi connectivity index (χ0n) is 23.3. The average Bonchev–Trinajstić information content (AvgIpc) is 3.21. The van der Waals surface area contributed by atoms with E-state index < -0.39 is 10.0 Å². The number of nitrogens with zero attached hydrogens (tertiary/aromatic N) is 2. The quantitative estimate of drug-likeness (QED) is 0.339. The number of aromatic nitrogens is 1. The van der Waals surface area contributed by atoms with Gasteiger partial charge in [-0.3, -0.25) is 9.52 Å². The third kappa shape index (κ3) is 7.53. The minimum absolute atomic E-state index is 0. The van der Waals surface area contributed by atoms with Gasteiger partial charge in [0.15, 0.2) is 0 Å². The fourth-order valence-corrected chi connectivity index (χ4v) is 6.44. The summed E-state index contributed by atoms with van der Waals surface area (Å²) in [5.74, 6) is 0.491. The third-order valence-electron chi connectivity index (χ3n) is 7.08. The predicted molar refractivity (Wildman–Crippen MR) is 158 cm³/mol. The van der Waals surface area contributed by atoms with Gasteiger partial charge in [0.25, 0.3) is 5.91 Å². The van der Waals surface area contributed by atoms with Crippen LogP contribution in [-0.2, 0) is 22.9 Å². The van der Waals surface area contributed by atoms with Crippen molar-refractivity contribution < 1.29 is 13.2 Å². The summed E-state index contributed by atoms with van der Waals surface area (Å²) in [6.45, 7) is 7.69. The molecule has 1 aliphatic rings. The first-order chi connectivity index (χ1) is 17.3. The number of carbonyl (C=O) groups is 1. The number of anilines is 1. The van der Waals surface area contributed by atoms with Crippen molar-refractivity contribution in [3.8, 4) is 0 Å². The molecule has 0 bridgehead atoms. The highest BCUT2D eigenvalue weighted by molar-refractivity contribution is 7.92. The van der Waals surface area contributed by atoms with Crippen LogP contribution >= 0.6 is 11.3 Å². The van der Waals surface area contributed by atoms with Crippen LogP contribution in [0.2, 0.25) is 0 Å². The molecule has 1 aromatic carbocycles. The summed E-state index contributed by atoms with van der Waals surface area (Å²) in [5.41, 5.74) is 4.08. The van der Waals surface area contributed by atoms with Gasteiger partial charge in [-0.2, -0.15) is 0 Å². The molecule has 0 spiro atoms. The van der Waals surface area contributed by atoms with Crippen molar-refractivity contribution in [3.63, 3.8) is 0 Å². The number of pyridine rings is 1. The lowest BCUT2D eigenvalue weighted by molar-refractivity contribution is 0.0937.